The van der Waals surface area contributed by atoms with Crippen molar-refractivity contribution in [3.63, 3.8) is 0 Å². The average Bonchev–Trinajstić information content (AvgIpc) is 2.99. The minimum atomic E-state index is 0.207. The molecule has 0 spiro atoms. The molecule has 25 heavy (non-hydrogen) atoms. The first kappa shape index (κ1) is 17.8. The van der Waals surface area contributed by atoms with Crippen molar-refractivity contribution >= 4 is 28.2 Å². The van der Waals surface area contributed by atoms with E-state index < -0.39 is 0 Å². The van der Waals surface area contributed by atoms with E-state index in [1.54, 1.807) is 0 Å². The summed E-state index contributed by atoms with van der Waals surface area (Å²) in [6, 6.07) is 6.02. The minimum absolute atomic E-state index is 0.207. The molecule has 1 aliphatic rings. The molecular weight excluding hydrogens is 336 g/mol. The summed E-state index contributed by atoms with van der Waals surface area (Å²) in [7, 11) is 3.85. The van der Waals surface area contributed by atoms with Crippen LogP contribution in [0.4, 0.5) is 10.9 Å². The monoisotopic (exact) mass is 360 g/mol. The molecule has 0 unspecified atom stereocenters. The average molecular weight is 360 g/mol. The van der Waals surface area contributed by atoms with E-state index >= 15 is 0 Å². The highest BCUT2D eigenvalue weighted by Gasteiger charge is 2.24. The van der Waals surface area contributed by atoms with Crippen LogP contribution in [0.2, 0.25) is 0 Å². The number of aromatic nitrogens is 3. The van der Waals surface area contributed by atoms with Gasteiger partial charge in [0.05, 0.1) is 6.54 Å². The molecule has 0 aromatic carbocycles. The van der Waals surface area contributed by atoms with Crippen LogP contribution in [0.25, 0.3) is 0 Å². The lowest BCUT2D eigenvalue weighted by molar-refractivity contribution is -0.132. The van der Waals surface area contributed by atoms with Crippen LogP contribution in [0.1, 0.15) is 29.5 Å². The molecule has 2 aromatic rings. The fraction of sp³-hybridized carbons (Fsp3) is 0.529. The van der Waals surface area contributed by atoms with Gasteiger partial charge in [-0.3, -0.25) is 4.79 Å². The van der Waals surface area contributed by atoms with E-state index in [0.717, 1.165) is 47.6 Å². The van der Waals surface area contributed by atoms with Gasteiger partial charge in [-0.2, -0.15) is 0 Å². The molecule has 0 saturated carbocycles. The van der Waals surface area contributed by atoms with Gasteiger partial charge in [-0.1, -0.05) is 17.4 Å². The zero-order valence-corrected chi connectivity index (χ0v) is 15.7. The lowest BCUT2D eigenvalue weighted by Crippen LogP contribution is -2.42. The van der Waals surface area contributed by atoms with Crippen LogP contribution in [0.15, 0.2) is 18.2 Å². The number of pyridine rings is 1. The second kappa shape index (κ2) is 7.88. The van der Waals surface area contributed by atoms with Gasteiger partial charge >= 0.3 is 0 Å². The third-order valence-corrected chi connectivity index (χ3v) is 5.00. The number of carbonyl (C=O) groups is 1. The first-order chi connectivity index (χ1) is 12.0. The van der Waals surface area contributed by atoms with Crippen LogP contribution in [0.5, 0.6) is 0 Å². The molecule has 0 radical (unpaired) electrons. The largest absolute Gasteiger partial charge is 0.342 e. The molecule has 3 rings (SSSR count). The normalized spacial score (nSPS) is 15.6. The number of likely N-dealkylation sites (N-methyl/N-ethyl adjacent to an activating group) is 1. The molecule has 7 nitrogen and oxygen atoms in total. The predicted octanol–water partition coefficient (Wildman–Crippen LogP) is 2.25. The molecule has 0 atom stereocenters. The number of piperidine rings is 1. The number of hydrogen-bond donors (Lipinski definition) is 1. The standard InChI is InChI=1S/C17H24N6OS/c1-12-20-21-17(25-12)19-15-6-4-5-14(18-15)13-7-9-23(10-8-13)16(24)11-22(2)3/h4-6,13H,7-11H2,1-3H3,(H,18,19,21). The van der Waals surface area contributed by atoms with Crippen molar-refractivity contribution in [3.8, 4) is 0 Å². The van der Waals surface area contributed by atoms with Gasteiger partial charge in [0.25, 0.3) is 0 Å². The molecule has 1 fully saturated rings. The summed E-state index contributed by atoms with van der Waals surface area (Å²) in [6.07, 6.45) is 1.90. The number of carbonyl (C=O) groups excluding carboxylic acids is 1. The topological polar surface area (TPSA) is 74.2 Å². The summed E-state index contributed by atoms with van der Waals surface area (Å²) in [6.45, 7) is 4.00. The number of likely N-dealkylation sites (tertiary alicyclic amines) is 1. The third kappa shape index (κ3) is 4.73. The molecule has 1 aliphatic heterocycles. The highest BCUT2D eigenvalue weighted by atomic mass is 32.1. The van der Waals surface area contributed by atoms with E-state index in [-0.39, 0.29) is 5.91 Å². The van der Waals surface area contributed by atoms with Gasteiger partial charge in [-0.15, -0.1) is 10.2 Å². The van der Waals surface area contributed by atoms with Crippen molar-refractivity contribution in [3.05, 3.63) is 28.9 Å². The molecule has 1 N–H and O–H groups in total. The Morgan fingerprint density at radius 2 is 2.08 bits per heavy atom. The second-order valence-corrected chi connectivity index (χ2v) is 7.77. The number of aryl methyl sites for hydroxylation is 1. The molecule has 134 valence electrons. The van der Waals surface area contributed by atoms with Gasteiger partial charge < -0.3 is 15.1 Å². The zero-order chi connectivity index (χ0) is 17.8. The lowest BCUT2D eigenvalue weighted by Gasteiger charge is -2.32. The van der Waals surface area contributed by atoms with Gasteiger partial charge in [-0.25, -0.2) is 4.98 Å². The first-order valence-corrected chi connectivity index (χ1v) is 9.29. The van der Waals surface area contributed by atoms with E-state index in [0.29, 0.717) is 12.5 Å². The highest BCUT2D eigenvalue weighted by molar-refractivity contribution is 7.15. The van der Waals surface area contributed by atoms with E-state index in [1.165, 1.54) is 11.3 Å². The van der Waals surface area contributed by atoms with Crippen molar-refractivity contribution in [1.82, 2.24) is 25.0 Å². The lowest BCUT2D eigenvalue weighted by atomic mass is 9.93. The molecule has 3 heterocycles. The molecule has 1 saturated heterocycles. The number of anilines is 2. The predicted molar refractivity (Wildman–Crippen MR) is 99.3 cm³/mol. The number of amides is 1. The van der Waals surface area contributed by atoms with E-state index in [2.05, 4.69) is 21.6 Å². The minimum Gasteiger partial charge on any atom is -0.342 e. The van der Waals surface area contributed by atoms with Crippen LogP contribution in [0.3, 0.4) is 0 Å². The SMILES string of the molecule is Cc1nnc(Nc2cccc(C3CCN(C(=O)CN(C)C)CC3)n2)s1. The third-order valence-electron chi connectivity index (χ3n) is 4.25. The first-order valence-electron chi connectivity index (χ1n) is 8.48. The second-order valence-electron chi connectivity index (χ2n) is 6.59. The Hall–Kier alpha value is -2.06. The maximum Gasteiger partial charge on any atom is 0.236 e. The molecular formula is C17H24N6OS. The molecule has 8 heteroatoms. The van der Waals surface area contributed by atoms with Gasteiger partial charge in [-0.05, 0) is 46.0 Å². The number of nitrogens with zero attached hydrogens (tertiary/aromatic N) is 5. The van der Waals surface area contributed by atoms with Gasteiger partial charge in [0, 0.05) is 24.7 Å². The highest BCUT2D eigenvalue weighted by Crippen LogP contribution is 2.28. The van der Waals surface area contributed by atoms with Crippen molar-refractivity contribution in [2.75, 3.05) is 39.0 Å². The van der Waals surface area contributed by atoms with E-state index in [1.807, 2.05) is 43.0 Å². The Morgan fingerprint density at radius 1 is 1.32 bits per heavy atom. The Bertz CT molecular complexity index is 723. The van der Waals surface area contributed by atoms with Crippen LogP contribution < -0.4 is 5.32 Å². The van der Waals surface area contributed by atoms with Crippen LogP contribution in [0, 0.1) is 6.92 Å². The summed E-state index contributed by atoms with van der Waals surface area (Å²) in [5.41, 5.74) is 1.07. The summed E-state index contributed by atoms with van der Waals surface area (Å²) in [5, 5.41) is 13.0. The van der Waals surface area contributed by atoms with Crippen LogP contribution in [-0.4, -0.2) is 64.6 Å². The molecule has 1 amide bonds. The van der Waals surface area contributed by atoms with Gasteiger partial charge in [0.2, 0.25) is 11.0 Å². The van der Waals surface area contributed by atoms with Crippen molar-refractivity contribution in [2.45, 2.75) is 25.7 Å². The van der Waals surface area contributed by atoms with Crippen molar-refractivity contribution < 1.29 is 4.79 Å². The fourth-order valence-corrected chi connectivity index (χ4v) is 3.60. The summed E-state index contributed by atoms with van der Waals surface area (Å²) in [4.78, 5) is 20.8. The summed E-state index contributed by atoms with van der Waals surface area (Å²) >= 11 is 1.51. The molecule has 0 bridgehead atoms. The molecule has 0 aliphatic carbocycles. The molecule has 2 aromatic heterocycles. The van der Waals surface area contributed by atoms with E-state index in [9.17, 15) is 4.79 Å². The number of nitrogens with one attached hydrogen (secondary N) is 1. The number of hydrogen-bond acceptors (Lipinski definition) is 7. The Labute approximate surface area is 152 Å². The Morgan fingerprint density at radius 3 is 2.72 bits per heavy atom. The van der Waals surface area contributed by atoms with Crippen molar-refractivity contribution in [2.24, 2.45) is 0 Å². The summed E-state index contributed by atoms with van der Waals surface area (Å²) < 4.78 is 0. The fourth-order valence-electron chi connectivity index (χ4n) is 3.00. The van der Waals surface area contributed by atoms with Crippen molar-refractivity contribution in [1.29, 1.82) is 0 Å². The smallest absolute Gasteiger partial charge is 0.236 e. The maximum absolute atomic E-state index is 12.2. The Balaban J connectivity index is 1.60. The summed E-state index contributed by atoms with van der Waals surface area (Å²) in [5.74, 6) is 1.39. The van der Waals surface area contributed by atoms with Gasteiger partial charge in [0.1, 0.15) is 10.8 Å². The van der Waals surface area contributed by atoms with Crippen LogP contribution >= 0.6 is 11.3 Å². The maximum atomic E-state index is 12.2. The Kier molecular flexibility index (Phi) is 5.60. The van der Waals surface area contributed by atoms with E-state index in [4.69, 9.17) is 4.98 Å². The van der Waals surface area contributed by atoms with Gasteiger partial charge in [0.15, 0.2) is 0 Å². The number of rotatable bonds is 5. The van der Waals surface area contributed by atoms with Crippen LogP contribution in [-0.2, 0) is 4.79 Å². The quantitative estimate of drug-likeness (QED) is 0.882. The zero-order valence-electron chi connectivity index (χ0n) is 14.9.